The summed E-state index contributed by atoms with van der Waals surface area (Å²) in [4.78, 5) is 10.9. The van der Waals surface area contributed by atoms with E-state index in [-0.39, 0.29) is 12.8 Å². The first kappa shape index (κ1) is 14.6. The lowest BCUT2D eigenvalue weighted by atomic mass is 10.0. The molecule has 0 spiro atoms. The molecule has 0 aliphatic rings. The summed E-state index contributed by atoms with van der Waals surface area (Å²) in [5.41, 5.74) is 0.910. The van der Waals surface area contributed by atoms with Crippen molar-refractivity contribution in [3.05, 3.63) is 35.9 Å². The molecule has 0 aromatic heterocycles. The van der Waals surface area contributed by atoms with Crippen molar-refractivity contribution in [1.29, 1.82) is 0 Å². The standard InChI is InChI=1S/C11H14O6S/c12-10(8-9-4-2-1-3-5-9)6-7-11(13)17-18(14,15)16/h1-5,10,12H,6-8H2,(H,14,15,16). The zero-order valence-electron chi connectivity index (χ0n) is 9.52. The summed E-state index contributed by atoms with van der Waals surface area (Å²) in [7, 11) is -4.76. The van der Waals surface area contributed by atoms with Crippen molar-refractivity contribution < 1.29 is 27.1 Å². The number of aliphatic hydroxyl groups excluding tert-OH is 1. The molecule has 100 valence electrons. The normalized spacial score (nSPS) is 13.0. The van der Waals surface area contributed by atoms with E-state index in [0.717, 1.165) is 5.56 Å². The Kier molecular flexibility index (Phi) is 5.26. The molecule has 0 saturated heterocycles. The maximum atomic E-state index is 10.9. The van der Waals surface area contributed by atoms with Gasteiger partial charge in [-0.25, -0.2) is 0 Å². The van der Waals surface area contributed by atoms with Crippen LogP contribution in [0, 0.1) is 0 Å². The van der Waals surface area contributed by atoms with Crippen molar-refractivity contribution in [2.75, 3.05) is 0 Å². The molecule has 0 radical (unpaired) electrons. The van der Waals surface area contributed by atoms with Crippen molar-refractivity contribution in [1.82, 2.24) is 0 Å². The molecule has 0 amide bonds. The highest BCUT2D eigenvalue weighted by Gasteiger charge is 2.15. The van der Waals surface area contributed by atoms with Gasteiger partial charge < -0.3 is 9.29 Å². The number of hydrogen-bond donors (Lipinski definition) is 2. The van der Waals surface area contributed by atoms with Crippen LogP contribution in [0.1, 0.15) is 18.4 Å². The molecule has 7 heteroatoms. The van der Waals surface area contributed by atoms with Gasteiger partial charge in [0.1, 0.15) is 0 Å². The van der Waals surface area contributed by atoms with E-state index in [9.17, 15) is 18.3 Å². The minimum atomic E-state index is -4.76. The summed E-state index contributed by atoms with van der Waals surface area (Å²) < 4.78 is 32.4. The van der Waals surface area contributed by atoms with Crippen molar-refractivity contribution in [3.63, 3.8) is 0 Å². The molecule has 0 saturated carbocycles. The molecule has 0 bridgehead atoms. The molecule has 1 unspecified atom stereocenters. The van der Waals surface area contributed by atoms with Crippen molar-refractivity contribution >= 4 is 16.4 Å². The van der Waals surface area contributed by atoms with Crippen LogP contribution in [-0.4, -0.2) is 30.2 Å². The third kappa shape index (κ3) is 6.33. The van der Waals surface area contributed by atoms with Gasteiger partial charge in [0.25, 0.3) is 0 Å². The predicted molar refractivity (Wildman–Crippen MR) is 63.0 cm³/mol. The Morgan fingerprint density at radius 2 is 1.89 bits per heavy atom. The molecule has 0 aliphatic heterocycles. The summed E-state index contributed by atoms with van der Waals surface area (Å²) in [5, 5.41) is 9.63. The molecule has 0 fully saturated rings. The average Bonchev–Trinajstić information content (AvgIpc) is 2.25. The third-order valence-electron chi connectivity index (χ3n) is 2.19. The third-order valence-corrected chi connectivity index (χ3v) is 2.59. The first-order valence-corrected chi connectivity index (χ1v) is 6.65. The van der Waals surface area contributed by atoms with Crippen LogP contribution in [-0.2, 0) is 25.8 Å². The Balaban J connectivity index is 2.33. The van der Waals surface area contributed by atoms with E-state index in [1.54, 1.807) is 0 Å². The van der Waals surface area contributed by atoms with Crippen LogP contribution in [0.3, 0.4) is 0 Å². The van der Waals surface area contributed by atoms with Crippen LogP contribution >= 0.6 is 0 Å². The van der Waals surface area contributed by atoms with Crippen LogP contribution in [0.4, 0.5) is 0 Å². The summed E-state index contributed by atoms with van der Waals surface area (Å²) in [6.45, 7) is 0. The van der Waals surface area contributed by atoms with E-state index >= 15 is 0 Å². The quantitative estimate of drug-likeness (QED) is 0.741. The number of rotatable bonds is 6. The van der Waals surface area contributed by atoms with Crippen molar-refractivity contribution in [2.24, 2.45) is 0 Å². The summed E-state index contributed by atoms with van der Waals surface area (Å²) in [5.74, 6) is -1.09. The molecular formula is C11H14O6S. The van der Waals surface area contributed by atoms with Gasteiger partial charge in [-0.2, -0.15) is 8.42 Å². The van der Waals surface area contributed by atoms with Gasteiger partial charge >= 0.3 is 16.4 Å². The first-order valence-electron chi connectivity index (χ1n) is 5.28. The summed E-state index contributed by atoms with van der Waals surface area (Å²) >= 11 is 0. The van der Waals surface area contributed by atoms with Gasteiger partial charge in [0.2, 0.25) is 0 Å². The zero-order chi connectivity index (χ0) is 13.6. The Morgan fingerprint density at radius 1 is 1.28 bits per heavy atom. The molecule has 6 nitrogen and oxygen atoms in total. The Bertz CT molecular complexity index is 482. The van der Waals surface area contributed by atoms with Crippen LogP contribution in [0.15, 0.2) is 30.3 Å². The second-order valence-electron chi connectivity index (χ2n) is 3.77. The van der Waals surface area contributed by atoms with Crippen molar-refractivity contribution in [2.45, 2.75) is 25.4 Å². The van der Waals surface area contributed by atoms with E-state index in [2.05, 4.69) is 4.18 Å². The minimum Gasteiger partial charge on any atom is -0.393 e. The van der Waals surface area contributed by atoms with E-state index < -0.39 is 22.5 Å². The van der Waals surface area contributed by atoms with Crippen LogP contribution < -0.4 is 0 Å². The van der Waals surface area contributed by atoms with Crippen LogP contribution in [0.25, 0.3) is 0 Å². The highest BCUT2D eigenvalue weighted by molar-refractivity contribution is 7.81. The molecule has 18 heavy (non-hydrogen) atoms. The largest absolute Gasteiger partial charge is 0.448 e. The predicted octanol–water partition coefficient (Wildman–Crippen LogP) is 0.716. The van der Waals surface area contributed by atoms with Gasteiger partial charge in [-0.3, -0.25) is 9.35 Å². The number of carbonyl (C=O) groups is 1. The maximum Gasteiger partial charge on any atom is 0.448 e. The van der Waals surface area contributed by atoms with Gasteiger partial charge in [0, 0.05) is 6.42 Å². The van der Waals surface area contributed by atoms with E-state index in [1.165, 1.54) is 0 Å². The van der Waals surface area contributed by atoms with Crippen molar-refractivity contribution in [3.8, 4) is 0 Å². The van der Waals surface area contributed by atoms with Gasteiger partial charge in [0.15, 0.2) is 0 Å². The SMILES string of the molecule is O=C(CCC(O)Cc1ccccc1)OS(=O)(=O)O. The molecule has 0 aliphatic carbocycles. The molecule has 1 aromatic carbocycles. The van der Waals surface area contributed by atoms with Gasteiger partial charge in [-0.1, -0.05) is 30.3 Å². The summed E-state index contributed by atoms with van der Waals surface area (Å²) in [6.07, 6.45) is -0.641. The van der Waals surface area contributed by atoms with Crippen LogP contribution in [0.2, 0.25) is 0 Å². The van der Waals surface area contributed by atoms with Gasteiger partial charge in [0.05, 0.1) is 6.10 Å². The molecular weight excluding hydrogens is 260 g/mol. The lowest BCUT2D eigenvalue weighted by Crippen LogP contribution is -2.16. The van der Waals surface area contributed by atoms with E-state index in [0.29, 0.717) is 6.42 Å². The fourth-order valence-electron chi connectivity index (χ4n) is 1.43. The van der Waals surface area contributed by atoms with Gasteiger partial charge in [-0.05, 0) is 18.4 Å². The number of benzene rings is 1. The number of carbonyl (C=O) groups excluding carboxylic acids is 1. The van der Waals surface area contributed by atoms with E-state index in [4.69, 9.17) is 4.55 Å². The topological polar surface area (TPSA) is 101 Å². The molecule has 1 rings (SSSR count). The Morgan fingerprint density at radius 3 is 2.44 bits per heavy atom. The van der Waals surface area contributed by atoms with E-state index in [1.807, 2.05) is 30.3 Å². The second-order valence-corrected chi connectivity index (χ2v) is 4.79. The number of aliphatic hydroxyl groups is 1. The lowest BCUT2D eigenvalue weighted by Gasteiger charge is -2.09. The number of hydrogen-bond acceptors (Lipinski definition) is 5. The van der Waals surface area contributed by atoms with Gasteiger partial charge in [-0.15, -0.1) is 0 Å². The molecule has 0 heterocycles. The molecule has 1 aromatic rings. The Labute approximate surface area is 105 Å². The second kappa shape index (κ2) is 6.48. The molecule has 2 N–H and O–H groups in total. The Hall–Kier alpha value is -1.44. The molecule has 1 atom stereocenters. The highest BCUT2D eigenvalue weighted by atomic mass is 32.3. The summed E-state index contributed by atoms with van der Waals surface area (Å²) in [6, 6.07) is 9.17. The lowest BCUT2D eigenvalue weighted by molar-refractivity contribution is -0.135. The maximum absolute atomic E-state index is 10.9. The minimum absolute atomic E-state index is 0.0588. The first-order chi connectivity index (χ1) is 8.37. The fraction of sp³-hybridized carbons (Fsp3) is 0.364. The highest BCUT2D eigenvalue weighted by Crippen LogP contribution is 2.08. The zero-order valence-corrected chi connectivity index (χ0v) is 10.3. The average molecular weight is 274 g/mol. The fourth-order valence-corrected chi connectivity index (χ4v) is 1.75. The van der Waals surface area contributed by atoms with Crippen LogP contribution in [0.5, 0.6) is 0 Å². The monoisotopic (exact) mass is 274 g/mol. The smallest absolute Gasteiger partial charge is 0.393 e.